The normalized spacial score (nSPS) is 13.6. The van der Waals surface area contributed by atoms with E-state index in [1.165, 1.54) is 57.8 Å². The first-order valence-electron chi connectivity index (χ1n) is 11.8. The molecule has 0 aromatic carbocycles. The first-order chi connectivity index (χ1) is 11.8. The lowest BCUT2D eigenvalue weighted by Crippen LogP contribution is -2.30. The van der Waals surface area contributed by atoms with Crippen LogP contribution in [0.4, 0.5) is 0 Å². The van der Waals surface area contributed by atoms with Crippen LogP contribution in [0.3, 0.4) is 0 Å². The molecule has 146 valence electrons. The Morgan fingerprint density at radius 2 is 0.833 bits per heavy atom. The highest BCUT2D eigenvalue weighted by molar-refractivity contribution is 7.39. The molecule has 0 saturated heterocycles. The van der Waals surface area contributed by atoms with Gasteiger partial charge in [-0.2, -0.15) is 0 Å². The maximum Gasteiger partial charge on any atom is 0.0128 e. The van der Waals surface area contributed by atoms with Crippen LogP contribution < -0.4 is 0 Å². The smallest absolute Gasteiger partial charge is 0.0128 e. The van der Waals surface area contributed by atoms with Crippen molar-refractivity contribution in [1.29, 1.82) is 0 Å². The van der Waals surface area contributed by atoms with Gasteiger partial charge in [-0.05, 0) is 0 Å². The highest BCUT2D eigenvalue weighted by Gasteiger charge is 2.11. The molecule has 3 heteroatoms. The second-order valence-corrected chi connectivity index (χ2v) is 26.9. The number of hydrogen-bond acceptors (Lipinski definition) is 0. The highest BCUT2D eigenvalue weighted by atomic mass is 29.6. The second kappa shape index (κ2) is 21.7. The Bertz CT molecular complexity index is 205. The Morgan fingerprint density at radius 1 is 0.458 bits per heavy atom. The predicted molar refractivity (Wildman–Crippen MR) is 125 cm³/mol. The zero-order chi connectivity index (χ0) is 17.7. The van der Waals surface area contributed by atoms with Crippen LogP contribution in [0.1, 0.15) is 117 Å². The van der Waals surface area contributed by atoms with Gasteiger partial charge in [-0.3, -0.25) is 0 Å². The molecule has 0 nitrogen and oxygen atoms in total. The first-order valence-corrected chi connectivity index (χ1v) is 21.2. The average Bonchev–Trinajstić information content (AvgIpc) is 2.60. The van der Waals surface area contributed by atoms with E-state index in [0.717, 1.165) is 0 Å². The fraction of sp³-hybridized carbons (Fsp3) is 1.00. The minimum Gasteiger partial charge on any atom is -0.0654 e. The van der Waals surface area contributed by atoms with Crippen molar-refractivity contribution >= 4 is 25.9 Å². The van der Waals surface area contributed by atoms with E-state index in [-0.39, 0.29) is 7.83 Å². The Hall–Kier alpha value is 0.651. The molecule has 0 fully saturated rings. The molecule has 0 atom stereocenters. The van der Waals surface area contributed by atoms with E-state index in [1.54, 1.807) is 56.7 Å². The van der Waals surface area contributed by atoms with E-state index in [9.17, 15) is 0 Å². The van der Waals surface area contributed by atoms with Gasteiger partial charge in [0.1, 0.15) is 0 Å². The van der Waals surface area contributed by atoms with Crippen molar-refractivity contribution < 1.29 is 0 Å². The van der Waals surface area contributed by atoms with Crippen molar-refractivity contribution in [2.75, 3.05) is 0 Å². The first kappa shape index (κ1) is 24.7. The predicted octanol–water partition coefficient (Wildman–Crippen LogP) is 6.29. The molecule has 0 spiro atoms. The zero-order valence-corrected chi connectivity index (χ0v) is 21.7. The third-order valence-corrected chi connectivity index (χ3v) is 27.5. The largest absolute Gasteiger partial charge is 0.0654 e. The van der Waals surface area contributed by atoms with Crippen molar-refractivity contribution in [3.05, 3.63) is 0 Å². The Labute approximate surface area is 161 Å². The molecule has 0 aliphatic carbocycles. The summed E-state index contributed by atoms with van der Waals surface area (Å²) < 4.78 is 0. The molecule has 0 aliphatic rings. The zero-order valence-electron chi connectivity index (χ0n) is 17.7. The average molecular weight is 387 g/mol. The minimum absolute atomic E-state index is 0.125. The third-order valence-electron chi connectivity index (χ3n) is 5.65. The van der Waals surface area contributed by atoms with E-state index in [4.69, 9.17) is 0 Å². The second-order valence-electron chi connectivity index (χ2n) is 8.18. The molecular weight excluding hydrogens is 336 g/mol. The summed E-state index contributed by atoms with van der Waals surface area (Å²) in [5.74, 6) is 0. The molecule has 0 unspecified atom stereocenters. The van der Waals surface area contributed by atoms with Gasteiger partial charge >= 0.3 is 0 Å². The van der Waals surface area contributed by atoms with Crippen molar-refractivity contribution in [2.45, 2.75) is 135 Å². The maximum atomic E-state index is 2.34. The summed E-state index contributed by atoms with van der Waals surface area (Å²) in [6, 6.07) is 5.25. The van der Waals surface area contributed by atoms with Gasteiger partial charge in [-0.15, -0.1) is 0 Å². The molecule has 0 aromatic rings. The fourth-order valence-electron chi connectivity index (χ4n) is 3.90. The van der Waals surface area contributed by atoms with Gasteiger partial charge in [0.15, 0.2) is 0 Å². The van der Waals surface area contributed by atoms with Crippen molar-refractivity contribution in [1.82, 2.24) is 0 Å². The van der Waals surface area contributed by atoms with E-state index < -0.39 is 0 Å². The Morgan fingerprint density at radius 3 is 1.25 bits per heavy atom. The van der Waals surface area contributed by atoms with E-state index in [1.807, 2.05) is 0 Å². The van der Waals surface area contributed by atoms with Crippen LogP contribution in [-0.2, 0) is 0 Å². The van der Waals surface area contributed by atoms with Crippen LogP contribution in [0.2, 0.25) is 18.1 Å². The lowest BCUT2D eigenvalue weighted by Gasteiger charge is -2.14. The molecule has 0 radical (unpaired) electrons. The van der Waals surface area contributed by atoms with Gasteiger partial charge in [0, 0.05) is 25.9 Å². The molecule has 0 rings (SSSR count). The molecule has 0 bridgehead atoms. The summed E-state index contributed by atoms with van der Waals surface area (Å²) in [6.45, 7) is 7.01. The summed E-state index contributed by atoms with van der Waals surface area (Å²) in [4.78, 5) is 0. The monoisotopic (exact) mass is 386 g/mol. The van der Waals surface area contributed by atoms with E-state index in [0.29, 0.717) is 18.1 Å². The standard InChI is InChI=1S/C21H50Si3/c1-4-7-10-13-16-19-22-24(21-18-15-12-9-6-3)23-20-17-14-11-8-5-2/h24H,4-23H2,1-3H3. The van der Waals surface area contributed by atoms with Crippen molar-refractivity contribution in [3.63, 3.8) is 0 Å². The molecule has 24 heavy (non-hydrogen) atoms. The van der Waals surface area contributed by atoms with Gasteiger partial charge in [0.2, 0.25) is 0 Å². The van der Waals surface area contributed by atoms with Crippen molar-refractivity contribution in [3.8, 4) is 0 Å². The van der Waals surface area contributed by atoms with Crippen LogP contribution in [-0.4, -0.2) is 25.9 Å². The third kappa shape index (κ3) is 19.0. The topological polar surface area (TPSA) is 0 Å². The fourth-order valence-corrected chi connectivity index (χ4v) is 25.4. The van der Waals surface area contributed by atoms with E-state index in [2.05, 4.69) is 20.8 Å². The SMILES string of the molecule is CCCCCCC[SiH2][SiH](CCCCCCC)[SiH2]CCCCCCC. The van der Waals surface area contributed by atoms with Crippen LogP contribution >= 0.6 is 0 Å². The van der Waals surface area contributed by atoms with Gasteiger partial charge in [0.25, 0.3) is 0 Å². The summed E-state index contributed by atoms with van der Waals surface area (Å²) in [5.41, 5.74) is 0. The molecular formula is C21H50Si3. The lowest BCUT2D eigenvalue weighted by atomic mass is 10.2. The minimum atomic E-state index is -0.125. The quantitative estimate of drug-likeness (QED) is 0.170. The van der Waals surface area contributed by atoms with Crippen LogP contribution in [0, 0.1) is 0 Å². The molecule has 0 N–H and O–H groups in total. The summed E-state index contributed by atoms with van der Waals surface area (Å²) >= 11 is 0. The number of rotatable bonds is 20. The van der Waals surface area contributed by atoms with Crippen LogP contribution in [0.15, 0.2) is 0 Å². The van der Waals surface area contributed by atoms with Gasteiger partial charge in [-0.25, -0.2) is 0 Å². The Kier molecular flexibility index (Phi) is 22.3. The molecule has 0 aliphatic heterocycles. The van der Waals surface area contributed by atoms with Crippen LogP contribution in [0.5, 0.6) is 0 Å². The Balaban J connectivity index is 3.74. The molecule has 0 amide bonds. The molecule has 0 aromatic heterocycles. The van der Waals surface area contributed by atoms with Crippen LogP contribution in [0.25, 0.3) is 0 Å². The van der Waals surface area contributed by atoms with Gasteiger partial charge < -0.3 is 0 Å². The number of unbranched alkanes of at least 4 members (excludes halogenated alkanes) is 12. The van der Waals surface area contributed by atoms with E-state index >= 15 is 0 Å². The van der Waals surface area contributed by atoms with Gasteiger partial charge in [0.05, 0.1) is 0 Å². The summed E-state index contributed by atoms with van der Waals surface area (Å²) in [6.07, 6.45) is 22.7. The summed E-state index contributed by atoms with van der Waals surface area (Å²) in [5, 5.41) is 0. The van der Waals surface area contributed by atoms with Gasteiger partial charge in [-0.1, -0.05) is 135 Å². The maximum absolute atomic E-state index is 2.34. The van der Waals surface area contributed by atoms with Crippen molar-refractivity contribution in [2.24, 2.45) is 0 Å². The number of hydrogen-bond donors (Lipinski definition) is 0. The molecule has 0 heterocycles. The molecule has 0 saturated carbocycles. The lowest BCUT2D eigenvalue weighted by molar-refractivity contribution is 0.653. The highest BCUT2D eigenvalue weighted by Crippen LogP contribution is 2.12. The summed E-state index contributed by atoms with van der Waals surface area (Å²) in [7, 11) is 0.691.